The van der Waals surface area contributed by atoms with Gasteiger partial charge in [-0.25, -0.2) is 4.79 Å². The van der Waals surface area contributed by atoms with E-state index in [9.17, 15) is 9.59 Å². The number of nitrogens with two attached hydrogens (primary N) is 1. The second-order valence-electron chi connectivity index (χ2n) is 3.58. The molecule has 0 aliphatic heterocycles. The lowest BCUT2D eigenvalue weighted by molar-refractivity contribution is -0.118. The van der Waals surface area contributed by atoms with Gasteiger partial charge in [-0.2, -0.15) is 0 Å². The van der Waals surface area contributed by atoms with Crippen LogP contribution >= 0.6 is 0 Å². The van der Waals surface area contributed by atoms with Gasteiger partial charge in [-0.05, 0) is 12.8 Å². The second-order valence-corrected chi connectivity index (χ2v) is 3.58. The fraction of sp³-hybridized carbons (Fsp3) is 0.778. The average Bonchev–Trinajstić information content (AvgIpc) is 2.01. The molecular weight excluding hydrogens is 182 g/mol. The van der Waals surface area contributed by atoms with Crippen LogP contribution in [-0.4, -0.2) is 36.5 Å². The Bertz CT molecular complexity index is 204. The molecule has 0 heterocycles. The Morgan fingerprint density at radius 3 is 2.36 bits per heavy atom. The first-order chi connectivity index (χ1) is 6.47. The van der Waals surface area contributed by atoms with E-state index in [2.05, 4.69) is 5.32 Å². The maximum Gasteiger partial charge on any atom is 0.317 e. The third kappa shape index (κ3) is 5.40. The summed E-state index contributed by atoms with van der Waals surface area (Å²) in [6.45, 7) is 6.85. The second kappa shape index (κ2) is 6.23. The molecule has 5 nitrogen and oxygen atoms in total. The van der Waals surface area contributed by atoms with Crippen molar-refractivity contribution in [3.8, 4) is 0 Å². The van der Waals surface area contributed by atoms with Crippen LogP contribution in [0.3, 0.4) is 0 Å². The monoisotopic (exact) mass is 201 g/mol. The molecule has 0 aromatic rings. The van der Waals surface area contributed by atoms with Gasteiger partial charge in [0.1, 0.15) is 6.54 Å². The molecule has 0 rings (SSSR count). The highest BCUT2D eigenvalue weighted by molar-refractivity contribution is 5.82. The first kappa shape index (κ1) is 12.7. The van der Waals surface area contributed by atoms with Crippen molar-refractivity contribution in [1.29, 1.82) is 0 Å². The Morgan fingerprint density at radius 2 is 2.00 bits per heavy atom. The number of amides is 3. The van der Waals surface area contributed by atoms with E-state index in [1.807, 2.05) is 20.8 Å². The largest absolute Gasteiger partial charge is 0.368 e. The molecule has 0 radical (unpaired) electrons. The number of hydrogen-bond donors (Lipinski definition) is 2. The van der Waals surface area contributed by atoms with Gasteiger partial charge < -0.3 is 16.0 Å². The topological polar surface area (TPSA) is 75.4 Å². The van der Waals surface area contributed by atoms with Gasteiger partial charge in [0.2, 0.25) is 5.91 Å². The van der Waals surface area contributed by atoms with E-state index in [4.69, 9.17) is 5.73 Å². The zero-order valence-corrected chi connectivity index (χ0v) is 9.04. The minimum absolute atomic E-state index is 0.0238. The third-order valence-corrected chi connectivity index (χ3v) is 1.55. The summed E-state index contributed by atoms with van der Waals surface area (Å²) >= 11 is 0. The normalized spacial score (nSPS) is 10.0. The van der Waals surface area contributed by atoms with E-state index < -0.39 is 5.91 Å². The van der Waals surface area contributed by atoms with E-state index in [1.54, 1.807) is 0 Å². The van der Waals surface area contributed by atoms with Crippen LogP contribution in [0, 0.1) is 5.92 Å². The molecular formula is C9H19N3O2. The third-order valence-electron chi connectivity index (χ3n) is 1.55. The Labute approximate surface area is 84.6 Å². The maximum atomic E-state index is 11.4. The molecule has 82 valence electrons. The zero-order valence-electron chi connectivity index (χ0n) is 9.04. The molecule has 0 spiro atoms. The number of carbonyl (C=O) groups excluding carboxylic acids is 2. The summed E-state index contributed by atoms with van der Waals surface area (Å²) in [5, 5.41) is 2.64. The van der Waals surface area contributed by atoms with Crippen molar-refractivity contribution in [2.75, 3.05) is 19.6 Å². The molecule has 0 aromatic carbocycles. The molecule has 0 saturated carbocycles. The number of rotatable bonds is 5. The first-order valence-electron chi connectivity index (χ1n) is 4.78. The van der Waals surface area contributed by atoms with Gasteiger partial charge in [0.15, 0.2) is 0 Å². The fourth-order valence-corrected chi connectivity index (χ4v) is 1.11. The molecule has 0 atom stereocenters. The molecule has 5 heteroatoms. The molecule has 0 aromatic heterocycles. The van der Waals surface area contributed by atoms with E-state index in [-0.39, 0.29) is 12.6 Å². The first-order valence-corrected chi connectivity index (χ1v) is 4.78. The molecule has 0 bridgehead atoms. The van der Waals surface area contributed by atoms with Crippen LogP contribution in [0.5, 0.6) is 0 Å². The van der Waals surface area contributed by atoms with Crippen LogP contribution in [0.1, 0.15) is 20.8 Å². The number of nitrogens with zero attached hydrogens (tertiary/aromatic N) is 1. The molecule has 0 unspecified atom stereocenters. The summed E-state index contributed by atoms with van der Waals surface area (Å²) in [6.07, 6.45) is 0. The van der Waals surface area contributed by atoms with Crippen molar-refractivity contribution < 1.29 is 9.59 Å². The summed E-state index contributed by atoms with van der Waals surface area (Å²) < 4.78 is 0. The summed E-state index contributed by atoms with van der Waals surface area (Å²) in [5.74, 6) is -0.172. The van der Waals surface area contributed by atoms with Gasteiger partial charge in [-0.3, -0.25) is 4.79 Å². The Balaban J connectivity index is 4.22. The Morgan fingerprint density at radius 1 is 1.43 bits per heavy atom. The average molecular weight is 201 g/mol. The van der Waals surface area contributed by atoms with E-state index in [1.165, 1.54) is 4.90 Å². The molecule has 3 N–H and O–H groups in total. The Hall–Kier alpha value is -1.26. The quantitative estimate of drug-likeness (QED) is 0.664. The minimum Gasteiger partial charge on any atom is -0.368 e. The molecule has 0 aliphatic rings. The van der Waals surface area contributed by atoms with Crippen molar-refractivity contribution in [3.05, 3.63) is 0 Å². The lowest BCUT2D eigenvalue weighted by Crippen LogP contribution is -2.45. The number of hydrogen-bond acceptors (Lipinski definition) is 2. The maximum absolute atomic E-state index is 11.4. The summed E-state index contributed by atoms with van der Waals surface area (Å²) in [6, 6.07) is -0.236. The van der Waals surface area contributed by atoms with Gasteiger partial charge in [0, 0.05) is 13.1 Å². The SMILES string of the molecule is CCNC(=O)N(CC(N)=O)CC(C)C. The zero-order chi connectivity index (χ0) is 11.1. The van der Waals surface area contributed by atoms with Crippen LogP contribution in [0.25, 0.3) is 0 Å². The Kier molecular flexibility index (Phi) is 5.67. The predicted molar refractivity (Wildman–Crippen MR) is 54.7 cm³/mol. The van der Waals surface area contributed by atoms with Gasteiger partial charge in [0.05, 0.1) is 0 Å². The van der Waals surface area contributed by atoms with Gasteiger partial charge in [-0.1, -0.05) is 13.8 Å². The molecule has 0 fully saturated rings. The molecule has 14 heavy (non-hydrogen) atoms. The van der Waals surface area contributed by atoms with Crippen LogP contribution in [0.2, 0.25) is 0 Å². The van der Waals surface area contributed by atoms with Gasteiger partial charge in [0.25, 0.3) is 0 Å². The van der Waals surface area contributed by atoms with E-state index in [0.29, 0.717) is 19.0 Å². The molecule has 0 saturated heterocycles. The number of carbonyl (C=O) groups is 2. The van der Waals surface area contributed by atoms with Crippen LogP contribution < -0.4 is 11.1 Å². The van der Waals surface area contributed by atoms with Gasteiger partial charge in [-0.15, -0.1) is 0 Å². The van der Waals surface area contributed by atoms with Crippen molar-refractivity contribution in [2.45, 2.75) is 20.8 Å². The smallest absolute Gasteiger partial charge is 0.317 e. The van der Waals surface area contributed by atoms with E-state index in [0.717, 1.165) is 0 Å². The van der Waals surface area contributed by atoms with Crippen molar-refractivity contribution in [3.63, 3.8) is 0 Å². The highest BCUT2D eigenvalue weighted by atomic mass is 16.2. The summed E-state index contributed by atoms with van der Waals surface area (Å²) in [4.78, 5) is 23.5. The molecule has 0 aliphatic carbocycles. The van der Waals surface area contributed by atoms with Gasteiger partial charge >= 0.3 is 6.03 Å². The fourth-order valence-electron chi connectivity index (χ4n) is 1.11. The van der Waals surface area contributed by atoms with Crippen LogP contribution in [-0.2, 0) is 4.79 Å². The van der Waals surface area contributed by atoms with E-state index >= 15 is 0 Å². The number of primary amides is 1. The lowest BCUT2D eigenvalue weighted by atomic mass is 10.2. The number of urea groups is 1. The summed E-state index contributed by atoms with van der Waals surface area (Å²) in [7, 11) is 0. The van der Waals surface area contributed by atoms with Crippen molar-refractivity contribution in [1.82, 2.24) is 10.2 Å². The van der Waals surface area contributed by atoms with Crippen molar-refractivity contribution >= 4 is 11.9 Å². The number of nitrogens with one attached hydrogen (secondary N) is 1. The van der Waals surface area contributed by atoms with Crippen molar-refractivity contribution in [2.24, 2.45) is 11.7 Å². The predicted octanol–water partition coefficient (Wildman–Crippen LogP) is 0.159. The standard InChI is InChI=1S/C9H19N3O2/c1-4-11-9(14)12(5-7(2)3)6-8(10)13/h7H,4-6H2,1-3H3,(H2,10,13)(H,11,14). The summed E-state index contributed by atoms with van der Waals surface area (Å²) in [5.41, 5.74) is 5.04. The highest BCUT2D eigenvalue weighted by Gasteiger charge is 2.15. The molecule has 3 amide bonds. The lowest BCUT2D eigenvalue weighted by Gasteiger charge is -2.23. The van der Waals surface area contributed by atoms with Crippen LogP contribution in [0.15, 0.2) is 0 Å². The van der Waals surface area contributed by atoms with Crippen LogP contribution in [0.4, 0.5) is 4.79 Å². The minimum atomic E-state index is -0.489. The highest BCUT2D eigenvalue weighted by Crippen LogP contribution is 1.98.